The van der Waals surface area contributed by atoms with Gasteiger partial charge in [-0.15, -0.1) is 11.3 Å². The van der Waals surface area contributed by atoms with Crippen LogP contribution in [0.15, 0.2) is 72.1 Å². The number of hydrogen-bond donors (Lipinski definition) is 2. The summed E-state index contributed by atoms with van der Waals surface area (Å²) in [4.78, 5) is 29.1. The lowest BCUT2D eigenvalue weighted by Gasteiger charge is -2.06. The number of aryl methyl sites for hydroxylation is 1. The monoisotopic (exact) mass is 415 g/mol. The normalized spacial score (nSPS) is 10.7. The van der Waals surface area contributed by atoms with Crippen molar-refractivity contribution in [2.45, 2.75) is 13.3 Å². The second-order valence-electron chi connectivity index (χ2n) is 6.97. The lowest BCUT2D eigenvalue weighted by Crippen LogP contribution is -2.27. The Morgan fingerprint density at radius 1 is 0.967 bits per heavy atom. The van der Waals surface area contributed by atoms with Gasteiger partial charge in [-0.25, -0.2) is 4.98 Å². The molecule has 150 valence electrons. The number of benzene rings is 3. The van der Waals surface area contributed by atoms with Crippen LogP contribution in [0.3, 0.4) is 0 Å². The molecular formula is C24H21N3O2S. The Morgan fingerprint density at radius 3 is 2.57 bits per heavy atom. The number of rotatable bonds is 6. The van der Waals surface area contributed by atoms with Crippen LogP contribution in [0.25, 0.3) is 22.0 Å². The Balaban J connectivity index is 1.30. The molecule has 3 aromatic carbocycles. The Morgan fingerprint density at radius 2 is 1.73 bits per heavy atom. The maximum absolute atomic E-state index is 12.4. The van der Waals surface area contributed by atoms with E-state index in [2.05, 4.69) is 15.6 Å². The van der Waals surface area contributed by atoms with Gasteiger partial charge in [0.1, 0.15) is 0 Å². The van der Waals surface area contributed by atoms with E-state index in [0.29, 0.717) is 10.7 Å². The average Bonchev–Trinajstić information content (AvgIpc) is 3.21. The molecule has 0 atom stereocenters. The van der Waals surface area contributed by atoms with Crippen LogP contribution < -0.4 is 10.6 Å². The molecule has 0 aliphatic carbocycles. The number of nitrogens with one attached hydrogen (secondary N) is 2. The van der Waals surface area contributed by atoms with Gasteiger partial charge in [0.25, 0.3) is 5.91 Å². The summed E-state index contributed by atoms with van der Waals surface area (Å²) in [5.41, 5.74) is 3.61. The van der Waals surface area contributed by atoms with E-state index in [0.717, 1.165) is 27.6 Å². The smallest absolute Gasteiger partial charge is 0.251 e. The fraction of sp³-hybridized carbons (Fsp3) is 0.125. The molecule has 5 nitrogen and oxygen atoms in total. The third kappa shape index (κ3) is 4.55. The van der Waals surface area contributed by atoms with Crippen LogP contribution in [0, 0.1) is 6.92 Å². The highest BCUT2D eigenvalue weighted by Gasteiger charge is 2.11. The minimum absolute atomic E-state index is 0.179. The highest BCUT2D eigenvalue weighted by atomic mass is 32.1. The zero-order chi connectivity index (χ0) is 20.9. The number of carbonyl (C=O) groups excluding carboxylic acids is 2. The number of carbonyl (C=O) groups is 2. The molecule has 6 heteroatoms. The summed E-state index contributed by atoms with van der Waals surface area (Å²) in [6.07, 6.45) is 0.179. The second kappa shape index (κ2) is 8.88. The van der Waals surface area contributed by atoms with Crippen molar-refractivity contribution in [3.8, 4) is 11.3 Å². The minimum atomic E-state index is -0.190. The highest BCUT2D eigenvalue weighted by molar-refractivity contribution is 7.14. The molecule has 4 rings (SSSR count). The summed E-state index contributed by atoms with van der Waals surface area (Å²) in [6.45, 7) is 2.29. The van der Waals surface area contributed by atoms with Gasteiger partial charge in [-0.2, -0.15) is 0 Å². The molecule has 2 N–H and O–H groups in total. The molecule has 1 aromatic heterocycles. The quantitative estimate of drug-likeness (QED) is 0.464. The number of thiazole rings is 1. The van der Waals surface area contributed by atoms with E-state index in [9.17, 15) is 9.59 Å². The maximum Gasteiger partial charge on any atom is 0.251 e. The number of amides is 2. The minimum Gasteiger partial charge on any atom is -0.352 e. The summed E-state index contributed by atoms with van der Waals surface area (Å²) in [6, 6.07) is 21.5. The van der Waals surface area contributed by atoms with Crippen LogP contribution in [-0.2, 0) is 4.79 Å². The van der Waals surface area contributed by atoms with E-state index in [-0.39, 0.29) is 24.8 Å². The Labute approximate surface area is 178 Å². The van der Waals surface area contributed by atoms with Crippen molar-refractivity contribution in [1.29, 1.82) is 0 Å². The fourth-order valence-corrected chi connectivity index (χ4v) is 3.95. The Hall–Kier alpha value is -3.51. The fourth-order valence-electron chi connectivity index (χ4n) is 3.22. The third-order valence-corrected chi connectivity index (χ3v) is 5.58. The summed E-state index contributed by atoms with van der Waals surface area (Å²) in [7, 11) is 0. The van der Waals surface area contributed by atoms with Crippen LogP contribution in [0.4, 0.5) is 5.13 Å². The lowest BCUT2D eigenvalue weighted by molar-refractivity contribution is -0.116. The number of nitrogens with zero attached hydrogens (tertiary/aromatic N) is 1. The molecule has 0 aliphatic rings. The van der Waals surface area contributed by atoms with E-state index in [1.807, 2.05) is 73.0 Å². The van der Waals surface area contributed by atoms with Gasteiger partial charge in [-0.3, -0.25) is 9.59 Å². The van der Waals surface area contributed by atoms with Gasteiger partial charge in [0.15, 0.2) is 5.13 Å². The zero-order valence-corrected chi connectivity index (χ0v) is 17.3. The lowest BCUT2D eigenvalue weighted by atomic mass is 10.1. The topological polar surface area (TPSA) is 71.1 Å². The number of aromatic nitrogens is 1. The largest absolute Gasteiger partial charge is 0.352 e. The first-order valence-corrected chi connectivity index (χ1v) is 10.6. The van der Waals surface area contributed by atoms with Gasteiger partial charge in [0.05, 0.1) is 5.69 Å². The van der Waals surface area contributed by atoms with Crippen LogP contribution >= 0.6 is 11.3 Å². The SMILES string of the molecule is Cc1ccccc1-c1csc(NC(=O)CCNC(=O)c2ccc3ccccc3c2)n1. The second-order valence-corrected chi connectivity index (χ2v) is 7.83. The molecule has 0 fully saturated rings. The molecule has 0 unspecified atom stereocenters. The van der Waals surface area contributed by atoms with Gasteiger partial charge in [0, 0.05) is 29.5 Å². The third-order valence-electron chi connectivity index (χ3n) is 4.82. The highest BCUT2D eigenvalue weighted by Crippen LogP contribution is 2.27. The summed E-state index contributed by atoms with van der Waals surface area (Å²) >= 11 is 1.39. The van der Waals surface area contributed by atoms with Crippen molar-refractivity contribution in [2.75, 3.05) is 11.9 Å². The molecule has 0 radical (unpaired) electrons. The predicted molar refractivity (Wildman–Crippen MR) is 122 cm³/mol. The molecule has 0 saturated carbocycles. The number of anilines is 1. The maximum atomic E-state index is 12.4. The van der Waals surface area contributed by atoms with Crippen molar-refractivity contribution in [3.63, 3.8) is 0 Å². The molecule has 0 bridgehead atoms. The summed E-state index contributed by atoms with van der Waals surface area (Å²) < 4.78 is 0. The number of hydrogen-bond acceptors (Lipinski definition) is 4. The van der Waals surface area contributed by atoms with Crippen LogP contribution in [-0.4, -0.2) is 23.3 Å². The summed E-state index contributed by atoms with van der Waals surface area (Å²) in [5, 5.41) is 10.2. The van der Waals surface area contributed by atoms with Crippen LogP contribution in [0.2, 0.25) is 0 Å². The first-order chi connectivity index (χ1) is 14.6. The molecule has 30 heavy (non-hydrogen) atoms. The van der Waals surface area contributed by atoms with Crippen LogP contribution in [0.5, 0.6) is 0 Å². The molecule has 1 heterocycles. The van der Waals surface area contributed by atoms with E-state index in [4.69, 9.17) is 0 Å². The van der Waals surface area contributed by atoms with Gasteiger partial charge >= 0.3 is 0 Å². The molecule has 0 saturated heterocycles. The molecule has 0 aliphatic heterocycles. The van der Waals surface area contributed by atoms with Gasteiger partial charge in [-0.1, -0.05) is 54.6 Å². The van der Waals surface area contributed by atoms with Crippen LogP contribution in [0.1, 0.15) is 22.3 Å². The summed E-state index contributed by atoms with van der Waals surface area (Å²) in [5.74, 6) is -0.371. The molecular weight excluding hydrogens is 394 g/mol. The zero-order valence-electron chi connectivity index (χ0n) is 16.5. The first-order valence-electron chi connectivity index (χ1n) is 9.68. The molecule has 2 amide bonds. The van der Waals surface area contributed by atoms with Crippen molar-refractivity contribution in [3.05, 3.63) is 83.2 Å². The van der Waals surface area contributed by atoms with Gasteiger partial charge in [-0.05, 0) is 35.4 Å². The first kappa shape index (κ1) is 19.8. The number of fused-ring (bicyclic) bond motifs is 1. The Kier molecular flexibility index (Phi) is 5.86. The standard InChI is InChI=1S/C24H21N3O2S/c1-16-6-2-5-9-20(16)21-15-30-24(26-21)27-22(28)12-13-25-23(29)19-11-10-17-7-3-4-8-18(17)14-19/h2-11,14-15H,12-13H2,1H3,(H,25,29)(H,26,27,28). The van der Waals surface area contributed by atoms with Crippen molar-refractivity contribution < 1.29 is 9.59 Å². The molecule has 0 spiro atoms. The predicted octanol–water partition coefficient (Wildman–Crippen LogP) is 5.03. The van der Waals surface area contributed by atoms with Crippen molar-refractivity contribution >= 4 is 39.1 Å². The van der Waals surface area contributed by atoms with E-state index < -0.39 is 0 Å². The van der Waals surface area contributed by atoms with Crippen molar-refractivity contribution in [2.24, 2.45) is 0 Å². The Bertz CT molecular complexity index is 1220. The van der Waals surface area contributed by atoms with Crippen molar-refractivity contribution in [1.82, 2.24) is 10.3 Å². The van der Waals surface area contributed by atoms with E-state index in [1.165, 1.54) is 11.3 Å². The van der Waals surface area contributed by atoms with E-state index in [1.54, 1.807) is 6.07 Å². The van der Waals surface area contributed by atoms with Gasteiger partial charge in [0.2, 0.25) is 5.91 Å². The average molecular weight is 416 g/mol. The van der Waals surface area contributed by atoms with E-state index >= 15 is 0 Å². The molecule has 4 aromatic rings. The van der Waals surface area contributed by atoms with Gasteiger partial charge < -0.3 is 10.6 Å².